The molecule has 0 aromatic carbocycles. The van der Waals surface area contributed by atoms with Gasteiger partial charge < -0.3 is 5.32 Å². The van der Waals surface area contributed by atoms with Crippen molar-refractivity contribution in [2.24, 2.45) is 4.99 Å². The van der Waals surface area contributed by atoms with Crippen LogP contribution in [0.4, 0.5) is 0 Å². The number of nitrogens with zero attached hydrogens (tertiary/aromatic N) is 1. The van der Waals surface area contributed by atoms with E-state index in [0.29, 0.717) is 6.42 Å². The second-order valence-electron chi connectivity index (χ2n) is 2.19. The van der Waals surface area contributed by atoms with Crippen LogP contribution in [0.3, 0.4) is 0 Å². The summed E-state index contributed by atoms with van der Waals surface area (Å²) in [6.07, 6.45) is 3.64. The van der Waals surface area contributed by atoms with E-state index in [2.05, 4.69) is 16.9 Å². The normalized spacial score (nSPS) is 24.3. The molecule has 1 aliphatic rings. The van der Waals surface area contributed by atoms with Crippen molar-refractivity contribution in [3.63, 3.8) is 0 Å². The molecule has 0 unspecified atom stereocenters. The van der Waals surface area contributed by atoms with Crippen LogP contribution in [0.1, 0.15) is 13.3 Å². The van der Waals surface area contributed by atoms with E-state index in [0.717, 1.165) is 11.4 Å². The molecule has 0 radical (unpaired) electrons. The average molecular weight is 150 g/mol. The first-order valence-corrected chi connectivity index (χ1v) is 3.42. The van der Waals surface area contributed by atoms with Gasteiger partial charge in [-0.1, -0.05) is 12.7 Å². The quantitative estimate of drug-likeness (QED) is 0.595. The fourth-order valence-electron chi connectivity index (χ4n) is 0.978. The highest BCUT2D eigenvalue weighted by molar-refractivity contribution is 6.17. The van der Waals surface area contributed by atoms with E-state index >= 15 is 0 Å². The number of carbonyl (C=O) groups is 1. The van der Waals surface area contributed by atoms with Gasteiger partial charge in [-0.05, 0) is 6.92 Å². The van der Waals surface area contributed by atoms with Gasteiger partial charge in [-0.2, -0.15) is 0 Å². The number of nitrogens with one attached hydrogen (secondary N) is 1. The van der Waals surface area contributed by atoms with E-state index in [1.807, 2.05) is 13.0 Å². The summed E-state index contributed by atoms with van der Waals surface area (Å²) in [5.41, 5.74) is 1.57. The van der Waals surface area contributed by atoms with Crippen LogP contribution in [-0.2, 0) is 4.79 Å². The van der Waals surface area contributed by atoms with Crippen LogP contribution in [0, 0.1) is 0 Å². The van der Waals surface area contributed by atoms with Gasteiger partial charge in [0, 0.05) is 6.20 Å². The number of amides is 1. The van der Waals surface area contributed by atoms with Crippen molar-refractivity contribution in [2.75, 3.05) is 0 Å². The van der Waals surface area contributed by atoms with Crippen LogP contribution in [0.5, 0.6) is 0 Å². The maximum absolute atomic E-state index is 10.8. The Labute approximate surface area is 65.5 Å². The van der Waals surface area contributed by atoms with Crippen LogP contribution < -0.4 is 5.32 Å². The fourth-order valence-corrected chi connectivity index (χ4v) is 0.978. The summed E-state index contributed by atoms with van der Waals surface area (Å²) < 4.78 is 0. The molecule has 1 rings (SSSR count). The largest absolute Gasteiger partial charge is 0.324 e. The lowest BCUT2D eigenvalue weighted by molar-refractivity contribution is -0.118. The third-order valence-electron chi connectivity index (χ3n) is 1.45. The molecule has 1 saturated heterocycles. The number of hydrogen-bond acceptors (Lipinski definition) is 2. The first-order chi connectivity index (χ1) is 5.27. The van der Waals surface area contributed by atoms with Gasteiger partial charge >= 0.3 is 0 Å². The van der Waals surface area contributed by atoms with E-state index in [4.69, 9.17) is 0 Å². The molecule has 0 bridgehead atoms. The molecule has 1 amide bonds. The predicted molar refractivity (Wildman–Crippen MR) is 44.1 cm³/mol. The Bertz CT molecular complexity index is 251. The number of hydrogen-bond donors (Lipinski definition) is 1. The number of carbonyl (C=O) groups excluding carboxylic acids is 1. The number of allylic oxidation sites excluding steroid dienone is 2. The van der Waals surface area contributed by atoms with Crippen molar-refractivity contribution >= 4 is 11.6 Å². The lowest BCUT2D eigenvalue weighted by Gasteiger charge is -1.93. The minimum absolute atomic E-state index is 0.00120. The molecule has 1 fully saturated rings. The molecule has 0 spiro atoms. The first-order valence-electron chi connectivity index (χ1n) is 3.42. The molecule has 1 aliphatic heterocycles. The predicted octanol–water partition coefficient (Wildman–Crippen LogP) is 0.995. The summed E-state index contributed by atoms with van der Waals surface area (Å²) in [6, 6.07) is 0. The number of aliphatic imine (C=N–C) groups is 1. The van der Waals surface area contributed by atoms with Gasteiger partial charge in [-0.15, -0.1) is 0 Å². The van der Waals surface area contributed by atoms with Crippen LogP contribution in [0.15, 0.2) is 29.5 Å². The Hall–Kier alpha value is -1.38. The Balaban J connectivity index is 2.89. The maximum Gasteiger partial charge on any atom is 0.230 e. The highest BCUT2D eigenvalue weighted by Gasteiger charge is 2.20. The highest BCUT2D eigenvalue weighted by Crippen LogP contribution is 2.07. The van der Waals surface area contributed by atoms with Crippen molar-refractivity contribution in [3.8, 4) is 0 Å². The topological polar surface area (TPSA) is 41.5 Å². The second kappa shape index (κ2) is 3.14. The molecule has 58 valence electrons. The molecular formula is C8H10N2O. The molecule has 0 aliphatic carbocycles. The minimum atomic E-state index is -0.00120. The zero-order chi connectivity index (χ0) is 8.27. The van der Waals surface area contributed by atoms with Gasteiger partial charge in [0.1, 0.15) is 0 Å². The smallest absolute Gasteiger partial charge is 0.230 e. The Morgan fingerprint density at radius 3 is 3.00 bits per heavy atom. The number of rotatable bonds is 1. The standard InChI is InChI=1S/C8H10N2O/c1-3-6-7(9-4-2)5-8(11)10-6/h3-4H,2,5H2,1H3,(H,10,11)/b6-3+,9-7?. The minimum Gasteiger partial charge on any atom is -0.324 e. The van der Waals surface area contributed by atoms with E-state index in [1.54, 1.807) is 0 Å². The van der Waals surface area contributed by atoms with Gasteiger partial charge in [0.25, 0.3) is 0 Å². The molecule has 0 aromatic rings. The lowest BCUT2D eigenvalue weighted by atomic mass is 10.2. The van der Waals surface area contributed by atoms with Crippen LogP contribution >= 0.6 is 0 Å². The maximum atomic E-state index is 10.8. The van der Waals surface area contributed by atoms with Gasteiger partial charge in [0.05, 0.1) is 17.8 Å². The summed E-state index contributed by atoms with van der Waals surface area (Å²) in [7, 11) is 0. The SMILES string of the molecule is C=CN=C1CC(=O)N/C1=C/C. The van der Waals surface area contributed by atoms with Gasteiger partial charge in [-0.25, -0.2) is 0 Å². The summed E-state index contributed by atoms with van der Waals surface area (Å²) in [4.78, 5) is 14.8. The van der Waals surface area contributed by atoms with Crippen molar-refractivity contribution in [2.45, 2.75) is 13.3 Å². The Kier molecular flexibility index (Phi) is 2.21. The molecule has 0 saturated carbocycles. The zero-order valence-corrected chi connectivity index (χ0v) is 6.42. The average Bonchev–Trinajstić information content (AvgIpc) is 2.32. The Morgan fingerprint density at radius 2 is 2.45 bits per heavy atom. The van der Waals surface area contributed by atoms with Gasteiger partial charge in [0.15, 0.2) is 0 Å². The molecule has 3 heteroatoms. The summed E-state index contributed by atoms with van der Waals surface area (Å²) >= 11 is 0. The van der Waals surface area contributed by atoms with Gasteiger partial charge in [0.2, 0.25) is 5.91 Å². The Morgan fingerprint density at radius 1 is 1.73 bits per heavy atom. The molecular weight excluding hydrogens is 140 g/mol. The third-order valence-corrected chi connectivity index (χ3v) is 1.45. The second-order valence-corrected chi connectivity index (χ2v) is 2.19. The van der Waals surface area contributed by atoms with Crippen molar-refractivity contribution in [1.82, 2.24) is 5.32 Å². The monoisotopic (exact) mass is 150 g/mol. The molecule has 11 heavy (non-hydrogen) atoms. The summed E-state index contributed by atoms with van der Waals surface area (Å²) in [5.74, 6) is -0.00120. The summed E-state index contributed by atoms with van der Waals surface area (Å²) in [6.45, 7) is 5.32. The molecule has 0 atom stereocenters. The van der Waals surface area contributed by atoms with Crippen molar-refractivity contribution in [3.05, 3.63) is 24.6 Å². The van der Waals surface area contributed by atoms with Crippen molar-refractivity contribution in [1.29, 1.82) is 0 Å². The van der Waals surface area contributed by atoms with Gasteiger partial charge in [-0.3, -0.25) is 9.79 Å². The van der Waals surface area contributed by atoms with E-state index in [9.17, 15) is 4.79 Å². The molecule has 1 N–H and O–H groups in total. The zero-order valence-electron chi connectivity index (χ0n) is 6.42. The van der Waals surface area contributed by atoms with Crippen LogP contribution in [-0.4, -0.2) is 11.6 Å². The fraction of sp³-hybridized carbons (Fsp3) is 0.250. The lowest BCUT2D eigenvalue weighted by Crippen LogP contribution is -2.11. The molecule has 3 nitrogen and oxygen atoms in total. The molecule has 1 heterocycles. The van der Waals surface area contributed by atoms with Crippen LogP contribution in [0.25, 0.3) is 0 Å². The third kappa shape index (κ3) is 1.55. The first kappa shape index (κ1) is 7.72. The van der Waals surface area contributed by atoms with E-state index in [1.165, 1.54) is 6.20 Å². The van der Waals surface area contributed by atoms with E-state index in [-0.39, 0.29) is 5.91 Å². The van der Waals surface area contributed by atoms with Crippen LogP contribution in [0.2, 0.25) is 0 Å². The summed E-state index contributed by atoms with van der Waals surface area (Å²) in [5, 5.41) is 2.68. The molecule has 0 aromatic heterocycles. The van der Waals surface area contributed by atoms with Crippen molar-refractivity contribution < 1.29 is 4.79 Å². The highest BCUT2D eigenvalue weighted by atomic mass is 16.1. The van der Waals surface area contributed by atoms with E-state index < -0.39 is 0 Å².